The zero-order valence-corrected chi connectivity index (χ0v) is 12.4. The molecule has 1 atom stereocenters. The normalized spacial score (nSPS) is 17.3. The van der Waals surface area contributed by atoms with Gasteiger partial charge in [-0.15, -0.1) is 35.0 Å². The first-order valence-corrected chi connectivity index (χ1v) is 6.14. The van der Waals surface area contributed by atoms with Gasteiger partial charge < -0.3 is 10.6 Å². The van der Waals surface area contributed by atoms with Crippen molar-refractivity contribution in [3.05, 3.63) is 30.2 Å². The highest BCUT2D eigenvalue weighted by Crippen LogP contribution is 2.06. The average molecular weight is 318 g/mol. The molecule has 2 N–H and O–H groups in total. The van der Waals surface area contributed by atoms with Crippen molar-refractivity contribution in [1.82, 2.24) is 25.2 Å². The highest BCUT2D eigenvalue weighted by atomic mass is 35.5. The molecule has 1 unspecified atom stereocenters. The summed E-state index contributed by atoms with van der Waals surface area (Å²) in [6.45, 7) is 1.33. The zero-order chi connectivity index (χ0) is 12.4. The Morgan fingerprint density at radius 1 is 1.40 bits per heavy atom. The minimum atomic E-state index is -0.0517. The standard InChI is InChI=1S/C12H15N5O.2ClH/c18-12(9-4-3-6-13-9)14-8-11-16-15-10-5-1-2-7-17(10)11;;/h1-2,5,7,9,13H,3-4,6,8H2,(H,14,18);2*1H. The molecule has 0 radical (unpaired) electrons. The van der Waals surface area contributed by atoms with E-state index in [9.17, 15) is 4.79 Å². The third-order valence-electron chi connectivity index (χ3n) is 3.18. The average Bonchev–Trinajstić information content (AvgIpc) is 3.06. The van der Waals surface area contributed by atoms with Gasteiger partial charge in [-0.3, -0.25) is 9.20 Å². The second-order valence-electron chi connectivity index (χ2n) is 4.41. The summed E-state index contributed by atoms with van der Waals surface area (Å²) in [4.78, 5) is 11.8. The van der Waals surface area contributed by atoms with E-state index in [1.54, 1.807) is 0 Å². The Bertz CT molecular complexity index is 568. The molecule has 0 bridgehead atoms. The molecule has 1 aliphatic rings. The number of hydrogen-bond acceptors (Lipinski definition) is 4. The summed E-state index contributed by atoms with van der Waals surface area (Å²) in [5.74, 6) is 0.789. The largest absolute Gasteiger partial charge is 0.347 e. The van der Waals surface area contributed by atoms with E-state index in [0.717, 1.165) is 30.9 Å². The molecule has 0 saturated carbocycles. The van der Waals surface area contributed by atoms with Crippen LogP contribution in [0.1, 0.15) is 18.7 Å². The van der Waals surface area contributed by atoms with Crippen molar-refractivity contribution in [1.29, 1.82) is 0 Å². The number of fused-ring (bicyclic) bond motifs is 1. The van der Waals surface area contributed by atoms with Crippen molar-refractivity contribution in [2.75, 3.05) is 6.54 Å². The Balaban J connectivity index is 0.000001000. The molecule has 1 amide bonds. The van der Waals surface area contributed by atoms with E-state index < -0.39 is 0 Å². The van der Waals surface area contributed by atoms with Crippen LogP contribution in [0.15, 0.2) is 24.4 Å². The Hall–Kier alpha value is -1.37. The van der Waals surface area contributed by atoms with E-state index >= 15 is 0 Å². The molecule has 3 heterocycles. The van der Waals surface area contributed by atoms with E-state index in [2.05, 4.69) is 20.8 Å². The molecule has 8 heteroatoms. The van der Waals surface area contributed by atoms with E-state index in [1.807, 2.05) is 28.8 Å². The van der Waals surface area contributed by atoms with Crippen LogP contribution in [0.3, 0.4) is 0 Å². The summed E-state index contributed by atoms with van der Waals surface area (Å²) in [7, 11) is 0. The van der Waals surface area contributed by atoms with Gasteiger partial charge in [0.05, 0.1) is 12.6 Å². The molecule has 0 aliphatic carbocycles. The van der Waals surface area contributed by atoms with Crippen LogP contribution in [0.5, 0.6) is 0 Å². The first-order chi connectivity index (χ1) is 8.84. The third-order valence-corrected chi connectivity index (χ3v) is 3.18. The summed E-state index contributed by atoms with van der Waals surface area (Å²) in [6.07, 6.45) is 3.86. The van der Waals surface area contributed by atoms with Gasteiger partial charge in [-0.25, -0.2) is 0 Å². The molecule has 3 rings (SSSR count). The Morgan fingerprint density at radius 3 is 3.00 bits per heavy atom. The predicted octanol–water partition coefficient (Wildman–Crippen LogP) is 0.941. The summed E-state index contributed by atoms with van der Waals surface area (Å²) >= 11 is 0. The van der Waals surface area contributed by atoms with Crippen molar-refractivity contribution in [2.45, 2.75) is 25.4 Å². The number of halogens is 2. The van der Waals surface area contributed by atoms with Crippen LogP contribution in [0.4, 0.5) is 0 Å². The number of aromatic nitrogens is 3. The lowest BCUT2D eigenvalue weighted by molar-refractivity contribution is -0.123. The molecule has 0 spiro atoms. The maximum absolute atomic E-state index is 11.8. The maximum atomic E-state index is 11.8. The second kappa shape index (κ2) is 7.42. The molecule has 1 fully saturated rings. The number of hydrogen-bond donors (Lipinski definition) is 2. The number of amides is 1. The van der Waals surface area contributed by atoms with Crippen molar-refractivity contribution >= 4 is 36.4 Å². The van der Waals surface area contributed by atoms with Gasteiger partial charge in [-0.2, -0.15) is 0 Å². The highest BCUT2D eigenvalue weighted by Gasteiger charge is 2.21. The SMILES string of the molecule is Cl.Cl.O=C(NCc1nnc2ccccn12)C1CCCN1. The van der Waals surface area contributed by atoms with Crippen LogP contribution in [-0.2, 0) is 11.3 Å². The number of carbonyl (C=O) groups excluding carboxylic acids is 1. The van der Waals surface area contributed by atoms with Crippen LogP contribution in [0, 0.1) is 0 Å². The minimum Gasteiger partial charge on any atom is -0.347 e. The molecular weight excluding hydrogens is 301 g/mol. The number of rotatable bonds is 3. The molecule has 2 aromatic rings. The number of nitrogens with zero attached hydrogens (tertiary/aromatic N) is 3. The van der Waals surface area contributed by atoms with E-state index in [-0.39, 0.29) is 36.8 Å². The van der Waals surface area contributed by atoms with Crippen molar-refractivity contribution in [2.24, 2.45) is 0 Å². The van der Waals surface area contributed by atoms with Crippen molar-refractivity contribution in [3.63, 3.8) is 0 Å². The molecule has 1 saturated heterocycles. The number of nitrogens with one attached hydrogen (secondary N) is 2. The number of carbonyl (C=O) groups is 1. The lowest BCUT2D eigenvalue weighted by atomic mass is 10.2. The summed E-state index contributed by atoms with van der Waals surface area (Å²) in [6, 6.07) is 5.66. The Labute approximate surface area is 129 Å². The molecule has 2 aromatic heterocycles. The fourth-order valence-electron chi connectivity index (χ4n) is 2.21. The van der Waals surface area contributed by atoms with Crippen LogP contribution < -0.4 is 10.6 Å². The zero-order valence-electron chi connectivity index (χ0n) is 10.8. The van der Waals surface area contributed by atoms with Crippen LogP contribution in [0.2, 0.25) is 0 Å². The van der Waals surface area contributed by atoms with Crippen molar-refractivity contribution in [3.8, 4) is 0 Å². The van der Waals surface area contributed by atoms with E-state index in [0.29, 0.717) is 6.54 Å². The molecule has 1 aliphatic heterocycles. The second-order valence-corrected chi connectivity index (χ2v) is 4.41. The van der Waals surface area contributed by atoms with Gasteiger partial charge in [0.2, 0.25) is 5.91 Å². The first kappa shape index (κ1) is 16.7. The quantitative estimate of drug-likeness (QED) is 0.884. The van der Waals surface area contributed by atoms with Gasteiger partial charge in [0, 0.05) is 6.20 Å². The highest BCUT2D eigenvalue weighted by molar-refractivity contribution is 5.85. The van der Waals surface area contributed by atoms with Crippen LogP contribution >= 0.6 is 24.8 Å². The van der Waals surface area contributed by atoms with Crippen LogP contribution in [0.25, 0.3) is 5.65 Å². The smallest absolute Gasteiger partial charge is 0.237 e. The molecule has 110 valence electrons. The molecule has 6 nitrogen and oxygen atoms in total. The van der Waals surface area contributed by atoms with E-state index in [1.165, 1.54) is 0 Å². The lowest BCUT2D eigenvalue weighted by Gasteiger charge is -2.10. The fraction of sp³-hybridized carbons (Fsp3) is 0.417. The van der Waals surface area contributed by atoms with Gasteiger partial charge in [0.1, 0.15) is 0 Å². The maximum Gasteiger partial charge on any atom is 0.237 e. The molecule has 20 heavy (non-hydrogen) atoms. The predicted molar refractivity (Wildman–Crippen MR) is 80.4 cm³/mol. The Kier molecular flexibility index (Phi) is 6.19. The summed E-state index contributed by atoms with van der Waals surface area (Å²) in [5.41, 5.74) is 0.792. The van der Waals surface area contributed by atoms with Gasteiger partial charge in [-0.05, 0) is 31.5 Å². The van der Waals surface area contributed by atoms with E-state index in [4.69, 9.17) is 0 Å². The van der Waals surface area contributed by atoms with Crippen molar-refractivity contribution < 1.29 is 4.79 Å². The Morgan fingerprint density at radius 2 is 2.25 bits per heavy atom. The lowest BCUT2D eigenvalue weighted by Crippen LogP contribution is -2.40. The van der Waals surface area contributed by atoms with Crippen LogP contribution in [-0.4, -0.2) is 33.1 Å². The first-order valence-electron chi connectivity index (χ1n) is 6.14. The summed E-state index contributed by atoms with van der Waals surface area (Å²) < 4.78 is 1.88. The summed E-state index contributed by atoms with van der Waals surface area (Å²) in [5, 5.41) is 14.2. The van der Waals surface area contributed by atoms with Gasteiger partial charge >= 0.3 is 0 Å². The minimum absolute atomic E-state index is 0. The number of pyridine rings is 1. The molecule has 0 aromatic carbocycles. The van der Waals surface area contributed by atoms with Gasteiger partial charge in [0.25, 0.3) is 0 Å². The topological polar surface area (TPSA) is 71.3 Å². The monoisotopic (exact) mass is 317 g/mol. The van der Waals surface area contributed by atoms with Gasteiger partial charge in [0.15, 0.2) is 11.5 Å². The third kappa shape index (κ3) is 3.39. The molecular formula is C12H17Cl2N5O. The van der Waals surface area contributed by atoms with Gasteiger partial charge in [-0.1, -0.05) is 6.07 Å². The fourth-order valence-corrected chi connectivity index (χ4v) is 2.21.